The van der Waals surface area contributed by atoms with E-state index in [1.807, 2.05) is 13.0 Å². The summed E-state index contributed by atoms with van der Waals surface area (Å²) < 4.78 is 5.70. The van der Waals surface area contributed by atoms with Crippen LogP contribution in [0.25, 0.3) is 0 Å². The van der Waals surface area contributed by atoms with Gasteiger partial charge in [0.1, 0.15) is 17.0 Å². The summed E-state index contributed by atoms with van der Waals surface area (Å²) in [6, 6.07) is 10.7. The standard InChI is InChI=1S/C17H18Cl2N2O2/c1-12(23-15-6-4-14(18)5-7-15)10-21-17(22)9-3-13-2-8-16(19)20-11-13/h2,4-8,11-12H,3,9-10H2,1H3,(H,21,22). The fourth-order valence-corrected chi connectivity index (χ4v) is 2.18. The third kappa shape index (κ3) is 6.47. The molecule has 1 unspecified atom stereocenters. The Kier molecular flexibility index (Phi) is 6.68. The molecule has 1 atom stereocenters. The predicted octanol–water partition coefficient (Wildman–Crippen LogP) is 3.90. The number of ether oxygens (including phenoxy) is 1. The molecule has 4 nitrogen and oxygen atoms in total. The predicted molar refractivity (Wildman–Crippen MR) is 92.1 cm³/mol. The van der Waals surface area contributed by atoms with E-state index < -0.39 is 0 Å². The van der Waals surface area contributed by atoms with Crippen LogP contribution in [0.15, 0.2) is 42.6 Å². The first-order valence-electron chi connectivity index (χ1n) is 7.32. The van der Waals surface area contributed by atoms with Crippen molar-refractivity contribution < 1.29 is 9.53 Å². The van der Waals surface area contributed by atoms with Crippen LogP contribution < -0.4 is 10.1 Å². The van der Waals surface area contributed by atoms with Crippen molar-refractivity contribution in [2.75, 3.05) is 6.54 Å². The molecule has 122 valence electrons. The van der Waals surface area contributed by atoms with Crippen molar-refractivity contribution >= 4 is 29.1 Å². The van der Waals surface area contributed by atoms with Crippen LogP contribution in [0.1, 0.15) is 18.9 Å². The van der Waals surface area contributed by atoms with Crippen molar-refractivity contribution in [2.45, 2.75) is 25.9 Å². The molecule has 1 heterocycles. The number of aromatic nitrogens is 1. The van der Waals surface area contributed by atoms with Crippen molar-refractivity contribution in [3.05, 3.63) is 58.3 Å². The SMILES string of the molecule is CC(CNC(=O)CCc1ccc(Cl)nc1)Oc1ccc(Cl)cc1. The Morgan fingerprint density at radius 3 is 2.61 bits per heavy atom. The zero-order valence-corrected chi connectivity index (χ0v) is 14.3. The van der Waals surface area contributed by atoms with Gasteiger partial charge in [-0.15, -0.1) is 0 Å². The molecule has 0 saturated carbocycles. The normalized spacial score (nSPS) is 11.8. The number of hydrogen-bond donors (Lipinski definition) is 1. The fourth-order valence-electron chi connectivity index (χ4n) is 1.95. The lowest BCUT2D eigenvalue weighted by molar-refractivity contribution is -0.121. The molecule has 0 spiro atoms. The van der Waals surface area contributed by atoms with Crippen LogP contribution in [0, 0.1) is 0 Å². The largest absolute Gasteiger partial charge is 0.489 e. The Labute approximate surface area is 145 Å². The molecule has 1 amide bonds. The Morgan fingerprint density at radius 1 is 1.22 bits per heavy atom. The molecule has 0 saturated heterocycles. The summed E-state index contributed by atoms with van der Waals surface area (Å²) in [6.45, 7) is 2.35. The summed E-state index contributed by atoms with van der Waals surface area (Å²) >= 11 is 11.5. The van der Waals surface area contributed by atoms with Crippen molar-refractivity contribution in [3.8, 4) is 5.75 Å². The van der Waals surface area contributed by atoms with Gasteiger partial charge in [-0.25, -0.2) is 4.98 Å². The van der Waals surface area contributed by atoms with Crippen LogP contribution in [-0.4, -0.2) is 23.5 Å². The van der Waals surface area contributed by atoms with Crippen molar-refractivity contribution in [2.24, 2.45) is 0 Å². The zero-order valence-electron chi connectivity index (χ0n) is 12.8. The lowest BCUT2D eigenvalue weighted by Gasteiger charge is -2.15. The van der Waals surface area contributed by atoms with E-state index in [1.165, 1.54) is 0 Å². The number of pyridine rings is 1. The van der Waals surface area contributed by atoms with Crippen molar-refractivity contribution in [1.29, 1.82) is 0 Å². The van der Waals surface area contributed by atoms with Gasteiger partial charge in [0.2, 0.25) is 5.91 Å². The molecule has 23 heavy (non-hydrogen) atoms. The van der Waals surface area contributed by atoms with E-state index >= 15 is 0 Å². The average Bonchev–Trinajstić information content (AvgIpc) is 2.54. The Bertz CT molecular complexity index is 630. The van der Waals surface area contributed by atoms with Gasteiger partial charge in [-0.1, -0.05) is 29.3 Å². The van der Waals surface area contributed by atoms with Gasteiger partial charge < -0.3 is 10.1 Å². The maximum absolute atomic E-state index is 11.9. The van der Waals surface area contributed by atoms with Gasteiger partial charge >= 0.3 is 0 Å². The van der Waals surface area contributed by atoms with Gasteiger partial charge in [-0.2, -0.15) is 0 Å². The Hall–Kier alpha value is -1.78. The minimum atomic E-state index is -0.127. The maximum Gasteiger partial charge on any atom is 0.220 e. The first-order valence-corrected chi connectivity index (χ1v) is 8.08. The second-order valence-corrected chi connectivity index (χ2v) is 6.00. The van der Waals surface area contributed by atoms with E-state index in [9.17, 15) is 4.79 Å². The van der Waals surface area contributed by atoms with Crippen LogP contribution in [0.5, 0.6) is 5.75 Å². The summed E-state index contributed by atoms with van der Waals surface area (Å²) in [5, 5.41) is 3.97. The lowest BCUT2D eigenvalue weighted by Crippen LogP contribution is -2.33. The van der Waals surface area contributed by atoms with Crippen LogP contribution in [0.4, 0.5) is 0 Å². The van der Waals surface area contributed by atoms with Gasteiger partial charge in [-0.3, -0.25) is 4.79 Å². The van der Waals surface area contributed by atoms with Gasteiger partial charge in [0.05, 0.1) is 6.54 Å². The molecule has 6 heteroatoms. The molecule has 1 aromatic heterocycles. The van der Waals surface area contributed by atoms with Gasteiger partial charge in [-0.05, 0) is 49.2 Å². The average molecular weight is 353 g/mol. The molecule has 0 radical (unpaired) electrons. The highest BCUT2D eigenvalue weighted by atomic mass is 35.5. The highest BCUT2D eigenvalue weighted by Gasteiger charge is 2.07. The van der Waals surface area contributed by atoms with Gasteiger partial charge in [0, 0.05) is 17.6 Å². The highest BCUT2D eigenvalue weighted by Crippen LogP contribution is 2.16. The topological polar surface area (TPSA) is 51.2 Å². The molecular weight excluding hydrogens is 335 g/mol. The molecule has 0 bridgehead atoms. The summed E-state index contributed by atoms with van der Waals surface area (Å²) in [6.07, 6.45) is 2.58. The van der Waals surface area contributed by atoms with Crippen LogP contribution in [0.3, 0.4) is 0 Å². The molecule has 0 aliphatic carbocycles. The minimum absolute atomic E-state index is 0.0218. The number of amides is 1. The second kappa shape index (κ2) is 8.75. The lowest BCUT2D eigenvalue weighted by atomic mass is 10.1. The first-order chi connectivity index (χ1) is 11.0. The van der Waals surface area contributed by atoms with Crippen LogP contribution >= 0.6 is 23.2 Å². The monoisotopic (exact) mass is 352 g/mol. The molecule has 0 fully saturated rings. The molecule has 2 aromatic rings. The number of carbonyl (C=O) groups excluding carboxylic acids is 1. The maximum atomic E-state index is 11.9. The third-order valence-electron chi connectivity index (χ3n) is 3.17. The van der Waals surface area contributed by atoms with Gasteiger partial charge in [0.15, 0.2) is 0 Å². The number of hydrogen-bond acceptors (Lipinski definition) is 3. The van der Waals surface area contributed by atoms with E-state index in [-0.39, 0.29) is 12.0 Å². The third-order valence-corrected chi connectivity index (χ3v) is 3.64. The smallest absolute Gasteiger partial charge is 0.220 e. The summed E-state index contributed by atoms with van der Waals surface area (Å²) in [7, 11) is 0. The van der Waals surface area contributed by atoms with E-state index in [1.54, 1.807) is 36.5 Å². The fraction of sp³-hybridized carbons (Fsp3) is 0.294. The van der Waals surface area contributed by atoms with E-state index in [0.717, 1.165) is 11.3 Å². The number of nitrogens with zero attached hydrogens (tertiary/aromatic N) is 1. The van der Waals surface area contributed by atoms with Crippen LogP contribution in [-0.2, 0) is 11.2 Å². The van der Waals surface area contributed by atoms with Crippen molar-refractivity contribution in [1.82, 2.24) is 10.3 Å². The Morgan fingerprint density at radius 2 is 1.96 bits per heavy atom. The van der Waals surface area contributed by atoms with Crippen molar-refractivity contribution in [3.63, 3.8) is 0 Å². The summed E-state index contributed by atoms with van der Waals surface area (Å²) in [4.78, 5) is 15.8. The van der Waals surface area contributed by atoms with E-state index in [4.69, 9.17) is 27.9 Å². The number of rotatable bonds is 7. The molecule has 0 aliphatic rings. The summed E-state index contributed by atoms with van der Waals surface area (Å²) in [5.41, 5.74) is 0.981. The number of benzene rings is 1. The zero-order chi connectivity index (χ0) is 16.7. The summed E-state index contributed by atoms with van der Waals surface area (Å²) in [5.74, 6) is 0.704. The Balaban J connectivity index is 1.69. The van der Waals surface area contributed by atoms with Gasteiger partial charge in [0.25, 0.3) is 0 Å². The molecule has 1 aromatic carbocycles. The van der Waals surface area contributed by atoms with E-state index in [2.05, 4.69) is 10.3 Å². The molecule has 1 N–H and O–H groups in total. The molecule has 2 rings (SSSR count). The number of carbonyl (C=O) groups is 1. The minimum Gasteiger partial charge on any atom is -0.489 e. The van der Waals surface area contributed by atoms with E-state index in [0.29, 0.717) is 29.6 Å². The molecular formula is C17H18Cl2N2O2. The molecule has 0 aliphatic heterocycles. The van der Waals surface area contributed by atoms with Crippen LogP contribution in [0.2, 0.25) is 10.2 Å². The first kappa shape index (κ1) is 17.6. The highest BCUT2D eigenvalue weighted by molar-refractivity contribution is 6.30. The quantitative estimate of drug-likeness (QED) is 0.768. The number of aryl methyl sites for hydroxylation is 1. The number of halogens is 2. The second-order valence-electron chi connectivity index (χ2n) is 5.18. The number of nitrogens with one attached hydrogen (secondary N) is 1.